The van der Waals surface area contributed by atoms with Gasteiger partial charge in [-0.2, -0.15) is 4.72 Å². The van der Waals surface area contributed by atoms with Crippen molar-refractivity contribution in [1.29, 1.82) is 0 Å². The van der Waals surface area contributed by atoms with Crippen LogP contribution in [0.1, 0.15) is 38.0 Å². The van der Waals surface area contributed by atoms with Crippen molar-refractivity contribution in [1.82, 2.24) is 10.0 Å². The normalized spacial score (nSPS) is 15.3. The highest BCUT2D eigenvalue weighted by Gasteiger charge is 2.29. The first kappa shape index (κ1) is 21.1. The summed E-state index contributed by atoms with van der Waals surface area (Å²) < 4.78 is 33.5. The Morgan fingerprint density at radius 2 is 2.03 bits per heavy atom. The molecule has 1 atom stereocenters. The molecule has 29 heavy (non-hydrogen) atoms. The second kappa shape index (κ2) is 8.79. The molecule has 1 aromatic heterocycles. The summed E-state index contributed by atoms with van der Waals surface area (Å²) in [6.45, 7) is 3.72. The Labute approximate surface area is 170 Å². The molecule has 0 saturated heterocycles. The number of nitrogens with one attached hydrogen (secondary N) is 3. The first-order chi connectivity index (χ1) is 13.8. The van der Waals surface area contributed by atoms with Crippen LogP contribution < -0.4 is 15.4 Å². The van der Waals surface area contributed by atoms with Crippen molar-refractivity contribution in [3.63, 3.8) is 0 Å². The Balaban J connectivity index is 1.75. The summed E-state index contributed by atoms with van der Waals surface area (Å²) >= 11 is 0. The molecule has 2 amide bonds. The average molecular weight is 420 g/mol. The number of amides is 2. The number of hydrogen-bond donors (Lipinski definition) is 3. The number of sulfonamides is 1. The van der Waals surface area contributed by atoms with E-state index in [-0.39, 0.29) is 23.3 Å². The molecule has 2 aromatic rings. The largest absolute Gasteiger partial charge is 0.467 e. The lowest BCUT2D eigenvalue weighted by molar-refractivity contribution is -0.124. The highest BCUT2D eigenvalue weighted by Crippen LogP contribution is 2.25. The molecule has 156 valence electrons. The summed E-state index contributed by atoms with van der Waals surface area (Å²) in [6.07, 6.45) is 3.17. The van der Waals surface area contributed by atoms with Gasteiger partial charge < -0.3 is 15.1 Å². The third-order valence-electron chi connectivity index (χ3n) is 4.76. The minimum absolute atomic E-state index is 0.0666. The number of carbonyl (C=O) groups excluding carboxylic acids is 2. The van der Waals surface area contributed by atoms with E-state index >= 15 is 0 Å². The van der Waals surface area contributed by atoms with Crippen molar-refractivity contribution in [3.8, 4) is 0 Å². The molecule has 0 unspecified atom stereocenters. The number of fused-ring (bicyclic) bond motifs is 1. The fraction of sp³-hybridized carbons (Fsp3) is 0.400. The standard InChI is InChI=1S/C20H25N3O5S/c1-13(2)19(20(25)21-12-15-6-4-10-28-15)23-29(26,27)16-8-9-17-14(11-16)5-3-7-18(24)22-17/h4,6,8-11,13,19,23H,3,5,7,12H2,1-2H3,(H,21,25)(H,22,24)/t19-/m1/s1. The molecule has 0 saturated carbocycles. The van der Waals surface area contributed by atoms with Gasteiger partial charge in [-0.1, -0.05) is 13.8 Å². The fourth-order valence-corrected chi connectivity index (χ4v) is 4.54. The summed E-state index contributed by atoms with van der Waals surface area (Å²) in [5, 5.41) is 5.48. The maximum absolute atomic E-state index is 12.9. The van der Waals surface area contributed by atoms with E-state index in [4.69, 9.17) is 4.42 Å². The smallest absolute Gasteiger partial charge is 0.241 e. The Bertz CT molecular complexity index is 984. The number of furan rings is 1. The Morgan fingerprint density at radius 1 is 1.24 bits per heavy atom. The summed E-state index contributed by atoms with van der Waals surface area (Å²) in [4.78, 5) is 24.3. The minimum Gasteiger partial charge on any atom is -0.467 e. The van der Waals surface area contributed by atoms with E-state index in [0.717, 1.165) is 5.56 Å². The first-order valence-corrected chi connectivity index (χ1v) is 11.0. The van der Waals surface area contributed by atoms with Gasteiger partial charge in [0.25, 0.3) is 0 Å². The van der Waals surface area contributed by atoms with Gasteiger partial charge in [-0.05, 0) is 54.7 Å². The van der Waals surface area contributed by atoms with Crippen LogP contribution in [0, 0.1) is 5.92 Å². The molecule has 1 aliphatic rings. The van der Waals surface area contributed by atoms with Crippen molar-refractivity contribution >= 4 is 27.5 Å². The summed E-state index contributed by atoms with van der Waals surface area (Å²) in [5.41, 5.74) is 1.39. The first-order valence-electron chi connectivity index (χ1n) is 9.51. The number of benzene rings is 1. The van der Waals surface area contributed by atoms with Gasteiger partial charge in [0.1, 0.15) is 11.8 Å². The highest BCUT2D eigenvalue weighted by molar-refractivity contribution is 7.89. The van der Waals surface area contributed by atoms with Crippen LogP contribution in [0.3, 0.4) is 0 Å². The molecule has 0 radical (unpaired) electrons. The molecule has 0 bridgehead atoms. The summed E-state index contributed by atoms with van der Waals surface area (Å²) in [5.74, 6) is -0.189. The zero-order valence-electron chi connectivity index (χ0n) is 16.4. The van der Waals surface area contributed by atoms with Crippen LogP contribution in [0.25, 0.3) is 0 Å². The molecule has 3 N–H and O–H groups in total. The molecule has 1 aromatic carbocycles. The third kappa shape index (κ3) is 5.24. The third-order valence-corrected chi connectivity index (χ3v) is 6.20. The van der Waals surface area contributed by atoms with Crippen LogP contribution in [0.15, 0.2) is 45.9 Å². The summed E-state index contributed by atoms with van der Waals surface area (Å²) in [7, 11) is -3.93. The van der Waals surface area contributed by atoms with Crippen LogP contribution in [0.2, 0.25) is 0 Å². The van der Waals surface area contributed by atoms with Crippen LogP contribution in [0.5, 0.6) is 0 Å². The second-order valence-corrected chi connectivity index (χ2v) is 9.07. The van der Waals surface area contributed by atoms with Crippen LogP contribution in [-0.4, -0.2) is 26.3 Å². The zero-order valence-corrected chi connectivity index (χ0v) is 17.2. The predicted octanol–water partition coefficient (Wildman–Crippen LogP) is 2.17. The molecule has 3 rings (SSSR count). The fourth-order valence-electron chi connectivity index (χ4n) is 3.14. The average Bonchev–Trinajstić information content (AvgIpc) is 3.11. The zero-order chi connectivity index (χ0) is 21.0. The SMILES string of the molecule is CC(C)[C@@H](NS(=O)(=O)c1ccc2c(c1)CCCC(=O)N2)C(=O)NCc1ccco1. The van der Waals surface area contributed by atoms with Gasteiger partial charge in [0, 0.05) is 12.1 Å². The van der Waals surface area contributed by atoms with E-state index in [0.29, 0.717) is 30.7 Å². The highest BCUT2D eigenvalue weighted by atomic mass is 32.2. The summed E-state index contributed by atoms with van der Waals surface area (Å²) in [6, 6.07) is 7.09. The Kier molecular flexibility index (Phi) is 6.39. The maximum atomic E-state index is 12.9. The molecular weight excluding hydrogens is 394 g/mol. The maximum Gasteiger partial charge on any atom is 0.241 e. The molecule has 8 nitrogen and oxygen atoms in total. The molecule has 2 heterocycles. The van der Waals surface area contributed by atoms with Gasteiger partial charge in [0.15, 0.2) is 0 Å². The van der Waals surface area contributed by atoms with Crippen molar-refractivity contribution < 1.29 is 22.4 Å². The van der Waals surface area contributed by atoms with Crippen LogP contribution >= 0.6 is 0 Å². The van der Waals surface area contributed by atoms with Crippen LogP contribution in [0.4, 0.5) is 5.69 Å². The molecule has 0 fully saturated rings. The topological polar surface area (TPSA) is 118 Å². The van der Waals surface area contributed by atoms with Gasteiger partial charge in [-0.3, -0.25) is 9.59 Å². The van der Waals surface area contributed by atoms with Gasteiger partial charge in [0.2, 0.25) is 21.8 Å². The van der Waals surface area contributed by atoms with E-state index in [1.54, 1.807) is 38.1 Å². The van der Waals surface area contributed by atoms with E-state index in [2.05, 4.69) is 15.4 Å². The number of aryl methyl sites for hydroxylation is 1. The van der Waals surface area contributed by atoms with E-state index in [1.165, 1.54) is 12.3 Å². The molecule has 0 spiro atoms. The predicted molar refractivity (Wildman–Crippen MR) is 108 cm³/mol. The lowest BCUT2D eigenvalue weighted by Gasteiger charge is -2.22. The van der Waals surface area contributed by atoms with Crippen LogP contribution in [-0.2, 0) is 32.6 Å². The van der Waals surface area contributed by atoms with Gasteiger partial charge >= 0.3 is 0 Å². The van der Waals surface area contributed by atoms with Crippen molar-refractivity contribution in [2.75, 3.05) is 5.32 Å². The Morgan fingerprint density at radius 3 is 2.72 bits per heavy atom. The van der Waals surface area contributed by atoms with E-state index in [1.807, 2.05) is 0 Å². The molecule has 1 aliphatic heterocycles. The second-order valence-electron chi connectivity index (χ2n) is 7.36. The van der Waals surface area contributed by atoms with Crippen molar-refractivity contribution in [3.05, 3.63) is 47.9 Å². The Hall–Kier alpha value is -2.65. The van der Waals surface area contributed by atoms with E-state index < -0.39 is 22.0 Å². The van der Waals surface area contributed by atoms with Gasteiger partial charge in [-0.25, -0.2) is 8.42 Å². The quantitative estimate of drug-likeness (QED) is 0.636. The molecule has 0 aliphatic carbocycles. The number of rotatable bonds is 7. The van der Waals surface area contributed by atoms with Crippen molar-refractivity contribution in [2.24, 2.45) is 5.92 Å². The van der Waals surface area contributed by atoms with E-state index in [9.17, 15) is 18.0 Å². The monoisotopic (exact) mass is 419 g/mol. The lowest BCUT2D eigenvalue weighted by Crippen LogP contribution is -2.49. The van der Waals surface area contributed by atoms with Gasteiger partial charge in [0.05, 0.1) is 17.7 Å². The van der Waals surface area contributed by atoms with Crippen molar-refractivity contribution in [2.45, 2.75) is 50.6 Å². The number of carbonyl (C=O) groups is 2. The number of anilines is 1. The number of hydrogen-bond acceptors (Lipinski definition) is 5. The van der Waals surface area contributed by atoms with Gasteiger partial charge in [-0.15, -0.1) is 0 Å². The molecular formula is C20H25N3O5S. The molecule has 9 heteroatoms. The minimum atomic E-state index is -3.93. The lowest BCUT2D eigenvalue weighted by atomic mass is 10.1.